The first-order valence-corrected chi connectivity index (χ1v) is 13.8. The summed E-state index contributed by atoms with van der Waals surface area (Å²) >= 11 is 0. The van der Waals surface area contributed by atoms with E-state index in [4.69, 9.17) is 14.7 Å². The number of benzene rings is 1. The van der Waals surface area contributed by atoms with Crippen LogP contribution in [-0.4, -0.2) is 26.3 Å². The first kappa shape index (κ1) is 33.1. The van der Waals surface area contributed by atoms with Crippen molar-refractivity contribution in [3.05, 3.63) is 28.8 Å². The Morgan fingerprint density at radius 1 is 0.824 bits per heavy atom. The second-order valence-electron chi connectivity index (χ2n) is 12.7. The van der Waals surface area contributed by atoms with Gasteiger partial charge in [-0.1, -0.05) is 108 Å². The molecule has 34 heavy (non-hydrogen) atoms. The zero-order chi connectivity index (χ0) is 27.3. The number of rotatable bonds is 7. The van der Waals surface area contributed by atoms with E-state index in [1.165, 1.54) is 0 Å². The first-order valence-electron chi connectivity index (χ1n) is 12.3. The molecule has 0 bridgehead atoms. The monoisotopic (exact) mass is 502 g/mol. The summed E-state index contributed by atoms with van der Waals surface area (Å²) in [6.45, 7) is 24.5. The molecule has 0 radical (unpaired) electrons. The van der Waals surface area contributed by atoms with E-state index in [1.54, 1.807) is 0 Å². The molecular formula is C27H51O6P. The molecule has 0 saturated heterocycles. The molecule has 1 atom stereocenters. The molecule has 6 nitrogen and oxygen atoms in total. The third-order valence-corrected chi connectivity index (χ3v) is 6.73. The molecule has 1 aromatic carbocycles. The molecule has 1 rings (SSSR count). The molecule has 7 heteroatoms. The van der Waals surface area contributed by atoms with Gasteiger partial charge < -0.3 is 14.7 Å². The van der Waals surface area contributed by atoms with E-state index in [1.807, 2.05) is 67.5 Å². The van der Waals surface area contributed by atoms with E-state index in [9.17, 15) is 14.4 Å². The largest absolute Gasteiger partial charge is 0.524 e. The summed E-state index contributed by atoms with van der Waals surface area (Å²) in [7, 11) is -4.64. The van der Waals surface area contributed by atoms with Crippen LogP contribution in [0.2, 0.25) is 0 Å². The molecule has 0 fully saturated rings. The predicted molar refractivity (Wildman–Crippen MR) is 141 cm³/mol. The number of hydrogen-bond acceptors (Lipinski definition) is 4. The normalized spacial score (nSPS) is 15.0. The molecule has 0 heterocycles. The summed E-state index contributed by atoms with van der Waals surface area (Å²) < 4.78 is 16.7. The van der Waals surface area contributed by atoms with E-state index in [0.717, 1.165) is 42.4 Å². The van der Waals surface area contributed by atoms with E-state index in [0.29, 0.717) is 5.75 Å². The number of phosphoric acid groups is 1. The Hall–Kier alpha value is -0.910. The van der Waals surface area contributed by atoms with Crippen molar-refractivity contribution in [2.45, 2.75) is 131 Å². The lowest BCUT2D eigenvalue weighted by Gasteiger charge is -2.32. The maximum Gasteiger partial charge on any atom is 0.524 e. The molecular weight excluding hydrogens is 451 g/mol. The summed E-state index contributed by atoms with van der Waals surface area (Å²) in [5, 5.41) is 18.1. The molecule has 200 valence electrons. The van der Waals surface area contributed by atoms with Gasteiger partial charge in [0, 0.05) is 16.5 Å². The highest BCUT2D eigenvalue weighted by Gasteiger charge is 2.33. The van der Waals surface area contributed by atoms with E-state index in [2.05, 4.69) is 27.7 Å². The zero-order valence-corrected chi connectivity index (χ0v) is 24.5. The van der Waals surface area contributed by atoms with Gasteiger partial charge >= 0.3 is 7.82 Å². The highest BCUT2D eigenvalue weighted by Crippen LogP contribution is 2.48. The lowest BCUT2D eigenvalue weighted by atomic mass is 9.75. The van der Waals surface area contributed by atoms with Crippen molar-refractivity contribution in [2.24, 2.45) is 5.41 Å². The fourth-order valence-corrected chi connectivity index (χ4v) is 3.90. The molecule has 0 amide bonds. The van der Waals surface area contributed by atoms with Gasteiger partial charge in [-0.2, -0.15) is 0 Å². The predicted octanol–water partition coefficient (Wildman–Crippen LogP) is 6.95. The third-order valence-electron chi connectivity index (χ3n) is 6.31. The highest BCUT2D eigenvalue weighted by atomic mass is 31.2. The van der Waals surface area contributed by atoms with Gasteiger partial charge in [-0.3, -0.25) is 9.79 Å². The maximum absolute atomic E-state index is 11.5. The fourth-order valence-electron chi connectivity index (χ4n) is 3.46. The zero-order valence-electron chi connectivity index (χ0n) is 23.6. The Kier molecular flexibility index (Phi) is 11.6. The Bertz CT molecular complexity index is 786. The summed E-state index contributed by atoms with van der Waals surface area (Å²) in [6.07, 6.45) is 2.74. The van der Waals surface area contributed by atoms with Gasteiger partial charge in [0.25, 0.3) is 0 Å². The van der Waals surface area contributed by atoms with Crippen molar-refractivity contribution in [3.63, 3.8) is 0 Å². The van der Waals surface area contributed by atoms with Gasteiger partial charge in [0.2, 0.25) is 0 Å². The number of aliphatic hydroxyl groups excluding tert-OH is 1. The van der Waals surface area contributed by atoms with Gasteiger partial charge in [-0.05, 0) is 34.7 Å². The van der Waals surface area contributed by atoms with Gasteiger partial charge in [0.05, 0.1) is 0 Å². The van der Waals surface area contributed by atoms with Crippen LogP contribution in [0.15, 0.2) is 12.1 Å². The maximum atomic E-state index is 11.5. The van der Waals surface area contributed by atoms with Crippen LogP contribution in [0.25, 0.3) is 0 Å². The molecule has 0 spiro atoms. The lowest BCUT2D eigenvalue weighted by molar-refractivity contribution is -0.133. The fraction of sp³-hybridized carbons (Fsp3) is 0.778. The highest BCUT2D eigenvalue weighted by molar-refractivity contribution is 7.46. The number of phosphoric ester groups is 1. The average Bonchev–Trinajstić information content (AvgIpc) is 2.62. The molecule has 0 saturated carbocycles. The van der Waals surface area contributed by atoms with Gasteiger partial charge in [0.15, 0.2) is 6.29 Å². The summed E-state index contributed by atoms with van der Waals surface area (Å²) in [6, 6.07) is 4.03. The Labute approximate surface area is 208 Å². The first-order chi connectivity index (χ1) is 15.0. The summed E-state index contributed by atoms with van der Waals surface area (Å²) in [5.41, 5.74) is 1.80. The van der Waals surface area contributed by atoms with E-state index < -0.39 is 14.1 Å². The lowest BCUT2D eigenvalue weighted by Crippen LogP contribution is -2.31. The van der Waals surface area contributed by atoms with Gasteiger partial charge in [0.1, 0.15) is 5.75 Å². The number of unbranched alkanes of at least 4 members (excludes halogenated alkanes) is 1. The van der Waals surface area contributed by atoms with Crippen LogP contribution in [0.4, 0.5) is 0 Å². The van der Waals surface area contributed by atoms with Crippen LogP contribution >= 0.6 is 7.82 Å². The van der Waals surface area contributed by atoms with E-state index >= 15 is 0 Å². The molecule has 1 unspecified atom stereocenters. The average molecular weight is 503 g/mol. The van der Waals surface area contributed by atoms with Crippen LogP contribution in [0, 0.1) is 5.41 Å². The van der Waals surface area contributed by atoms with Crippen molar-refractivity contribution in [3.8, 4) is 5.75 Å². The number of hydrogen-bond donors (Lipinski definition) is 4. The Morgan fingerprint density at radius 3 is 1.47 bits per heavy atom. The summed E-state index contributed by atoms with van der Waals surface area (Å²) in [5.74, 6) is 0.311. The van der Waals surface area contributed by atoms with Crippen LogP contribution in [0.3, 0.4) is 0 Å². The minimum atomic E-state index is -4.64. The van der Waals surface area contributed by atoms with E-state index in [-0.39, 0.29) is 21.7 Å². The third kappa shape index (κ3) is 10.4. The van der Waals surface area contributed by atoms with Gasteiger partial charge in [-0.25, -0.2) is 4.57 Å². The van der Waals surface area contributed by atoms with Crippen molar-refractivity contribution < 1.29 is 29.1 Å². The minimum Gasteiger partial charge on any atom is -0.404 e. The topological polar surface area (TPSA) is 107 Å². The number of aliphatic hydroxyl groups is 2. The minimum absolute atomic E-state index is 0.0688. The molecule has 0 aliphatic carbocycles. The quantitative estimate of drug-likeness (QED) is 0.237. The molecule has 0 aliphatic heterocycles. The molecule has 0 aliphatic rings. The van der Waals surface area contributed by atoms with Crippen LogP contribution in [0.5, 0.6) is 5.75 Å². The van der Waals surface area contributed by atoms with Crippen molar-refractivity contribution in [1.29, 1.82) is 0 Å². The SMILES string of the molecule is CC(C)(C)c1cc(C(C)(C)C)c(OP(=O)(O)O)c(C(C)(C)C)c1.CCCCC(C)(CC)C(O)O. The molecule has 1 aromatic rings. The Morgan fingerprint density at radius 2 is 1.24 bits per heavy atom. The second kappa shape index (κ2) is 11.9. The van der Waals surface area contributed by atoms with Crippen molar-refractivity contribution >= 4 is 7.82 Å². The van der Waals surface area contributed by atoms with Crippen molar-refractivity contribution in [1.82, 2.24) is 0 Å². The summed E-state index contributed by atoms with van der Waals surface area (Å²) in [4.78, 5) is 18.7. The van der Waals surface area contributed by atoms with Crippen molar-refractivity contribution in [2.75, 3.05) is 0 Å². The molecule has 4 N–H and O–H groups in total. The second-order valence-corrected chi connectivity index (χ2v) is 13.9. The van der Waals surface area contributed by atoms with Gasteiger partial charge in [-0.15, -0.1) is 0 Å². The Balaban J connectivity index is 0.000000833. The molecule has 0 aromatic heterocycles. The van der Waals surface area contributed by atoms with Crippen LogP contribution in [-0.2, 0) is 20.8 Å². The van der Waals surface area contributed by atoms with Crippen LogP contribution in [0.1, 0.15) is 125 Å². The standard InChI is InChI=1S/C18H31O4P.C9H20O2/c1-16(2,3)12-10-13(17(4,5)6)15(22-23(19,20)21)14(11-12)18(7,8)9;1-4-6-7-9(3,5-2)8(10)11/h10-11H,1-9H3,(H2,19,20,21);8,10-11H,4-7H2,1-3H3. The van der Waals surface area contributed by atoms with Crippen LogP contribution < -0.4 is 4.52 Å². The smallest absolute Gasteiger partial charge is 0.404 e.